The molecule has 0 amide bonds. The van der Waals surface area contributed by atoms with Gasteiger partial charge >= 0.3 is 0 Å². The van der Waals surface area contributed by atoms with Crippen LogP contribution in [0.2, 0.25) is 0 Å². The molecular weight excluding hydrogens is 344 g/mol. The molecule has 2 N–H and O–H groups in total. The van der Waals surface area contributed by atoms with Gasteiger partial charge in [0, 0.05) is 5.56 Å². The summed E-state index contributed by atoms with van der Waals surface area (Å²) in [4.78, 5) is 4.24. The monoisotopic (exact) mass is 370 g/mol. The van der Waals surface area contributed by atoms with Crippen LogP contribution >= 0.6 is 11.3 Å². The first-order valence-electron chi connectivity index (χ1n) is 9.30. The number of rotatable bonds is 5. The average molecular weight is 371 g/mol. The quantitative estimate of drug-likeness (QED) is 0.708. The van der Waals surface area contributed by atoms with E-state index in [0.29, 0.717) is 5.89 Å². The number of piperazine rings is 1. The minimum Gasteiger partial charge on any atom is -0.414 e. The largest absolute Gasteiger partial charge is 0.414 e. The van der Waals surface area contributed by atoms with Gasteiger partial charge in [0.05, 0.1) is 4.88 Å². The number of hydrogen-bond donors (Lipinski definition) is 2. The number of quaternary nitrogens is 2. The molecule has 3 heterocycles. The Morgan fingerprint density at radius 2 is 1.96 bits per heavy atom. The molecule has 2 aromatic heterocycles. The van der Waals surface area contributed by atoms with E-state index in [1.807, 2.05) is 17.5 Å². The van der Waals surface area contributed by atoms with Gasteiger partial charge in [-0.15, -0.1) is 21.5 Å². The van der Waals surface area contributed by atoms with Gasteiger partial charge in [0.1, 0.15) is 32.7 Å². The molecule has 0 saturated carbocycles. The number of hydrogen-bond acceptors (Lipinski definition) is 4. The summed E-state index contributed by atoms with van der Waals surface area (Å²) in [6.45, 7) is 10.1. The third-order valence-corrected chi connectivity index (χ3v) is 6.15. The molecule has 0 aliphatic carbocycles. The van der Waals surface area contributed by atoms with Gasteiger partial charge in [-0.2, -0.15) is 0 Å². The molecule has 1 saturated heterocycles. The maximum Gasteiger partial charge on any atom is 0.274 e. The van der Waals surface area contributed by atoms with Crippen molar-refractivity contribution in [2.45, 2.75) is 26.4 Å². The van der Waals surface area contributed by atoms with E-state index in [1.165, 1.54) is 24.2 Å². The smallest absolute Gasteiger partial charge is 0.274 e. The maximum absolute atomic E-state index is 5.94. The lowest BCUT2D eigenvalue weighted by Gasteiger charge is -2.32. The van der Waals surface area contributed by atoms with Crippen LogP contribution in [0.5, 0.6) is 0 Å². The highest BCUT2D eigenvalue weighted by molar-refractivity contribution is 7.13. The third kappa shape index (κ3) is 3.87. The summed E-state index contributed by atoms with van der Waals surface area (Å²) in [6, 6.07) is 13.1. The number of nitrogens with one attached hydrogen (secondary N) is 2. The lowest BCUT2D eigenvalue weighted by atomic mass is 10.1. The first-order chi connectivity index (χ1) is 12.7. The highest BCUT2D eigenvalue weighted by Gasteiger charge is 2.31. The van der Waals surface area contributed by atoms with Crippen molar-refractivity contribution in [3.05, 3.63) is 58.8 Å². The van der Waals surface area contributed by atoms with Crippen LogP contribution in [-0.4, -0.2) is 36.4 Å². The minimum atomic E-state index is 0.247. The molecule has 0 bridgehead atoms. The molecule has 4 rings (SSSR count). The van der Waals surface area contributed by atoms with Crippen molar-refractivity contribution in [2.24, 2.45) is 0 Å². The fourth-order valence-corrected chi connectivity index (χ4v) is 4.37. The van der Waals surface area contributed by atoms with E-state index < -0.39 is 0 Å². The topological polar surface area (TPSA) is 47.8 Å². The second kappa shape index (κ2) is 7.70. The highest BCUT2D eigenvalue weighted by Crippen LogP contribution is 2.24. The molecule has 26 heavy (non-hydrogen) atoms. The summed E-state index contributed by atoms with van der Waals surface area (Å²) in [6.07, 6.45) is 0. The van der Waals surface area contributed by atoms with E-state index in [4.69, 9.17) is 4.42 Å². The molecule has 1 aliphatic heterocycles. The zero-order valence-corrected chi connectivity index (χ0v) is 16.2. The van der Waals surface area contributed by atoms with Crippen molar-refractivity contribution in [1.29, 1.82) is 0 Å². The van der Waals surface area contributed by atoms with E-state index in [2.05, 4.69) is 48.3 Å². The molecule has 136 valence electrons. The molecule has 6 heteroatoms. The van der Waals surface area contributed by atoms with Gasteiger partial charge in [-0.3, -0.25) is 0 Å². The number of nitrogens with zero attached hydrogens (tertiary/aromatic N) is 2. The second-order valence-corrected chi connectivity index (χ2v) is 8.17. The maximum atomic E-state index is 5.94. The molecule has 1 aliphatic rings. The molecular formula is C20H26N4OS+2. The van der Waals surface area contributed by atoms with Crippen LogP contribution in [0.4, 0.5) is 0 Å². The summed E-state index contributed by atoms with van der Waals surface area (Å²) >= 11 is 1.63. The Morgan fingerprint density at radius 1 is 1.12 bits per heavy atom. The predicted molar refractivity (Wildman–Crippen MR) is 102 cm³/mol. The number of aryl methyl sites for hydroxylation is 1. The van der Waals surface area contributed by atoms with Gasteiger partial charge in [0.2, 0.25) is 0 Å². The summed E-state index contributed by atoms with van der Waals surface area (Å²) in [5, 5.41) is 10.6. The molecule has 3 aromatic rings. The third-order valence-electron chi connectivity index (χ3n) is 5.29. The summed E-state index contributed by atoms with van der Waals surface area (Å²) in [5.74, 6) is 1.40. The molecule has 0 spiro atoms. The van der Waals surface area contributed by atoms with E-state index >= 15 is 0 Å². The van der Waals surface area contributed by atoms with Crippen LogP contribution in [0.25, 0.3) is 10.8 Å². The lowest BCUT2D eigenvalue weighted by molar-refractivity contribution is -1.03. The lowest BCUT2D eigenvalue weighted by Crippen LogP contribution is -3.27. The first kappa shape index (κ1) is 17.4. The Kier molecular flexibility index (Phi) is 5.15. The standard InChI is InChI=1S/C20H24N4OS/c1-15-5-3-6-17(13-15)14-23-8-10-24(11-9-23)16(2)19-21-22-20(25-19)18-7-4-12-26-18/h3-7,12-13,16H,8-11,14H2,1-2H3/p+2/t16-/m0/s1. The Morgan fingerprint density at radius 3 is 2.69 bits per heavy atom. The summed E-state index contributed by atoms with van der Waals surface area (Å²) in [5.41, 5.74) is 2.78. The predicted octanol–water partition coefficient (Wildman–Crippen LogP) is 1.15. The summed E-state index contributed by atoms with van der Waals surface area (Å²) in [7, 11) is 0. The van der Waals surface area contributed by atoms with E-state index in [0.717, 1.165) is 30.4 Å². The van der Waals surface area contributed by atoms with Crippen LogP contribution in [0.15, 0.2) is 46.2 Å². The van der Waals surface area contributed by atoms with Crippen LogP contribution < -0.4 is 9.80 Å². The van der Waals surface area contributed by atoms with Gasteiger partial charge in [-0.25, -0.2) is 0 Å². The van der Waals surface area contributed by atoms with Crippen molar-refractivity contribution in [1.82, 2.24) is 10.2 Å². The fourth-order valence-electron chi connectivity index (χ4n) is 3.73. The van der Waals surface area contributed by atoms with Crippen LogP contribution in [0.1, 0.15) is 30.0 Å². The van der Waals surface area contributed by atoms with Crippen molar-refractivity contribution in [3.63, 3.8) is 0 Å². The normalized spacial score (nSPS) is 21.6. The van der Waals surface area contributed by atoms with Crippen molar-refractivity contribution in [2.75, 3.05) is 26.2 Å². The Labute approximate surface area is 158 Å². The van der Waals surface area contributed by atoms with Crippen LogP contribution in [0.3, 0.4) is 0 Å². The number of thiophene rings is 1. The van der Waals surface area contributed by atoms with Gasteiger partial charge in [0.25, 0.3) is 11.8 Å². The van der Waals surface area contributed by atoms with Gasteiger partial charge in [0.15, 0.2) is 6.04 Å². The first-order valence-corrected chi connectivity index (χ1v) is 10.2. The minimum absolute atomic E-state index is 0.247. The molecule has 0 unspecified atom stereocenters. The highest BCUT2D eigenvalue weighted by atomic mass is 32.1. The molecule has 0 radical (unpaired) electrons. The van der Waals surface area contributed by atoms with E-state index in [1.54, 1.807) is 21.1 Å². The summed E-state index contributed by atoms with van der Waals surface area (Å²) < 4.78 is 5.94. The Bertz CT molecular complexity index is 837. The average Bonchev–Trinajstić information content (AvgIpc) is 3.33. The molecule has 1 atom stereocenters. The van der Waals surface area contributed by atoms with Crippen molar-refractivity contribution in [3.8, 4) is 10.8 Å². The SMILES string of the molecule is Cc1cccc(C[NH+]2CC[NH+]([C@@H](C)c3nnc(-c4cccs4)o3)CC2)c1. The van der Waals surface area contributed by atoms with Gasteiger partial charge in [-0.05, 0) is 25.3 Å². The zero-order valence-electron chi connectivity index (χ0n) is 15.4. The van der Waals surface area contributed by atoms with Crippen molar-refractivity contribution >= 4 is 11.3 Å². The Balaban J connectivity index is 1.34. The molecule has 1 aromatic carbocycles. The number of benzene rings is 1. The number of aromatic nitrogens is 2. The fraction of sp³-hybridized carbons (Fsp3) is 0.400. The van der Waals surface area contributed by atoms with E-state index in [-0.39, 0.29) is 6.04 Å². The van der Waals surface area contributed by atoms with Gasteiger partial charge in [-0.1, -0.05) is 35.9 Å². The van der Waals surface area contributed by atoms with Crippen LogP contribution in [-0.2, 0) is 6.54 Å². The van der Waals surface area contributed by atoms with Crippen LogP contribution in [0, 0.1) is 6.92 Å². The second-order valence-electron chi connectivity index (χ2n) is 7.22. The van der Waals surface area contributed by atoms with E-state index in [9.17, 15) is 0 Å². The molecule has 5 nitrogen and oxygen atoms in total. The Hall–Kier alpha value is -2.02. The van der Waals surface area contributed by atoms with Gasteiger partial charge < -0.3 is 14.2 Å². The molecule has 1 fully saturated rings. The van der Waals surface area contributed by atoms with Crippen molar-refractivity contribution < 1.29 is 14.2 Å². The zero-order chi connectivity index (χ0) is 17.9.